The molecule has 0 spiro atoms. The molecule has 1 N–H and O–H groups in total. The largest absolute Gasteiger partial charge is 0.378 e. The molecule has 0 radical (unpaired) electrons. The third kappa shape index (κ3) is 3.21. The van der Waals surface area contributed by atoms with Crippen molar-refractivity contribution in [1.82, 2.24) is 5.32 Å². The van der Waals surface area contributed by atoms with Crippen LogP contribution in [-0.2, 0) is 4.74 Å². The fourth-order valence-electron chi connectivity index (χ4n) is 2.96. The fraction of sp³-hybridized carbons (Fsp3) is 0.600. The minimum absolute atomic E-state index is 0.102. The van der Waals surface area contributed by atoms with Crippen molar-refractivity contribution < 1.29 is 13.5 Å². The molecule has 1 aliphatic heterocycles. The number of rotatable bonds is 5. The summed E-state index contributed by atoms with van der Waals surface area (Å²) in [6.45, 7) is 5.42. The Morgan fingerprint density at radius 3 is 2.75 bits per heavy atom. The van der Waals surface area contributed by atoms with Crippen LogP contribution in [0.3, 0.4) is 0 Å². The highest BCUT2D eigenvalue weighted by molar-refractivity contribution is 9.10. The molecular formula is C15H20BrF2NO. The van der Waals surface area contributed by atoms with Gasteiger partial charge in [0.05, 0.1) is 10.6 Å². The summed E-state index contributed by atoms with van der Waals surface area (Å²) in [6.07, 6.45) is 1.85. The first-order chi connectivity index (χ1) is 9.58. The molecule has 1 heterocycles. The molecular weight excluding hydrogens is 328 g/mol. The van der Waals surface area contributed by atoms with Gasteiger partial charge in [-0.2, -0.15) is 0 Å². The van der Waals surface area contributed by atoms with Gasteiger partial charge in [-0.3, -0.25) is 0 Å². The van der Waals surface area contributed by atoms with Gasteiger partial charge in [0, 0.05) is 24.1 Å². The zero-order valence-corrected chi connectivity index (χ0v) is 13.3. The van der Waals surface area contributed by atoms with Crippen molar-refractivity contribution in [3.05, 3.63) is 33.8 Å². The van der Waals surface area contributed by atoms with E-state index < -0.39 is 5.82 Å². The summed E-state index contributed by atoms with van der Waals surface area (Å²) in [4.78, 5) is 0. The topological polar surface area (TPSA) is 21.3 Å². The molecule has 5 heteroatoms. The average Bonchev–Trinajstić information content (AvgIpc) is 2.88. The van der Waals surface area contributed by atoms with Crippen molar-refractivity contribution in [2.24, 2.45) is 5.92 Å². The van der Waals surface area contributed by atoms with Crippen LogP contribution < -0.4 is 5.32 Å². The zero-order chi connectivity index (χ0) is 14.7. The number of benzene rings is 1. The summed E-state index contributed by atoms with van der Waals surface area (Å²) in [6, 6.07) is 2.28. The lowest BCUT2D eigenvalue weighted by atomic mass is 9.86. The summed E-state index contributed by atoms with van der Waals surface area (Å²) >= 11 is 3.02. The highest BCUT2D eigenvalue weighted by atomic mass is 79.9. The Morgan fingerprint density at radius 2 is 2.10 bits per heavy atom. The van der Waals surface area contributed by atoms with Gasteiger partial charge in [-0.1, -0.05) is 13.8 Å². The van der Waals surface area contributed by atoms with Gasteiger partial charge < -0.3 is 10.1 Å². The predicted molar refractivity (Wildman–Crippen MR) is 78.6 cm³/mol. The van der Waals surface area contributed by atoms with Crippen LogP contribution in [0.4, 0.5) is 8.78 Å². The molecule has 3 atom stereocenters. The number of halogens is 3. The van der Waals surface area contributed by atoms with Gasteiger partial charge in [0.15, 0.2) is 0 Å². The summed E-state index contributed by atoms with van der Waals surface area (Å²) < 4.78 is 33.8. The van der Waals surface area contributed by atoms with Gasteiger partial charge in [0.1, 0.15) is 11.6 Å². The fourth-order valence-corrected chi connectivity index (χ4v) is 3.27. The smallest absolute Gasteiger partial charge is 0.137 e. The first-order valence-corrected chi connectivity index (χ1v) is 7.87. The highest BCUT2D eigenvalue weighted by Gasteiger charge is 2.35. The van der Waals surface area contributed by atoms with Crippen molar-refractivity contribution in [2.75, 3.05) is 13.2 Å². The number of nitrogens with one attached hydrogen (secondary N) is 1. The molecule has 1 aromatic carbocycles. The van der Waals surface area contributed by atoms with Crippen molar-refractivity contribution in [2.45, 2.75) is 38.8 Å². The Bertz CT molecular complexity index is 469. The summed E-state index contributed by atoms with van der Waals surface area (Å²) in [7, 11) is 0. The second kappa shape index (κ2) is 6.96. The molecule has 2 nitrogen and oxygen atoms in total. The van der Waals surface area contributed by atoms with E-state index in [0.717, 1.165) is 12.8 Å². The number of hydrogen-bond acceptors (Lipinski definition) is 2. The van der Waals surface area contributed by atoms with E-state index in [1.807, 2.05) is 6.92 Å². The summed E-state index contributed by atoms with van der Waals surface area (Å²) in [5.41, 5.74) is 0.390. The Hall–Kier alpha value is -0.520. The van der Waals surface area contributed by atoms with Crippen molar-refractivity contribution in [1.29, 1.82) is 0 Å². The maximum atomic E-state index is 14.2. The lowest BCUT2D eigenvalue weighted by Gasteiger charge is -2.28. The molecule has 0 saturated carbocycles. The molecule has 3 unspecified atom stereocenters. The van der Waals surface area contributed by atoms with E-state index >= 15 is 0 Å². The Morgan fingerprint density at radius 1 is 1.35 bits per heavy atom. The van der Waals surface area contributed by atoms with Crippen LogP contribution in [-0.4, -0.2) is 19.3 Å². The van der Waals surface area contributed by atoms with E-state index in [0.29, 0.717) is 18.7 Å². The third-order valence-electron chi connectivity index (χ3n) is 3.89. The lowest BCUT2D eigenvalue weighted by Crippen LogP contribution is -2.33. The van der Waals surface area contributed by atoms with Crippen LogP contribution in [0.25, 0.3) is 0 Å². The first-order valence-electron chi connectivity index (χ1n) is 7.07. The zero-order valence-electron chi connectivity index (χ0n) is 11.8. The van der Waals surface area contributed by atoms with Crippen LogP contribution in [0.2, 0.25) is 0 Å². The SMILES string of the molecule is CCNC(c1cc(F)c(Br)cc1F)C1CCOC1CC. The predicted octanol–water partition coefficient (Wildman–Crippen LogP) is 4.19. The van der Waals surface area contributed by atoms with Gasteiger partial charge >= 0.3 is 0 Å². The van der Waals surface area contributed by atoms with E-state index in [2.05, 4.69) is 28.2 Å². The third-order valence-corrected chi connectivity index (χ3v) is 4.50. The van der Waals surface area contributed by atoms with Crippen LogP contribution >= 0.6 is 15.9 Å². The van der Waals surface area contributed by atoms with E-state index in [-0.39, 0.29) is 28.4 Å². The second-order valence-electron chi connectivity index (χ2n) is 5.09. The normalized spacial score (nSPS) is 24.1. The lowest BCUT2D eigenvalue weighted by molar-refractivity contribution is 0.0771. The molecule has 0 bridgehead atoms. The molecule has 20 heavy (non-hydrogen) atoms. The Balaban J connectivity index is 2.35. The first kappa shape index (κ1) is 15.9. The van der Waals surface area contributed by atoms with Crippen molar-refractivity contribution >= 4 is 15.9 Å². The minimum atomic E-state index is -0.434. The van der Waals surface area contributed by atoms with Gasteiger partial charge in [-0.15, -0.1) is 0 Å². The average molecular weight is 348 g/mol. The van der Waals surface area contributed by atoms with Gasteiger partial charge in [0.25, 0.3) is 0 Å². The minimum Gasteiger partial charge on any atom is -0.378 e. The maximum Gasteiger partial charge on any atom is 0.137 e. The molecule has 1 aromatic rings. The highest BCUT2D eigenvalue weighted by Crippen LogP contribution is 2.37. The molecule has 0 aliphatic carbocycles. The van der Waals surface area contributed by atoms with E-state index in [9.17, 15) is 8.78 Å². The molecule has 0 amide bonds. The van der Waals surface area contributed by atoms with Gasteiger partial charge in [0.2, 0.25) is 0 Å². The summed E-state index contributed by atoms with van der Waals surface area (Å²) in [5, 5.41) is 3.29. The van der Waals surface area contributed by atoms with Gasteiger partial charge in [-0.05, 0) is 47.4 Å². The van der Waals surface area contributed by atoms with Crippen LogP contribution in [0.15, 0.2) is 16.6 Å². The monoisotopic (exact) mass is 347 g/mol. The molecule has 112 valence electrons. The molecule has 1 saturated heterocycles. The number of ether oxygens (including phenoxy) is 1. The van der Waals surface area contributed by atoms with Crippen LogP contribution in [0.5, 0.6) is 0 Å². The molecule has 1 fully saturated rings. The summed E-state index contributed by atoms with van der Waals surface area (Å²) in [5.74, 6) is -0.641. The number of hydrogen-bond donors (Lipinski definition) is 1. The van der Waals surface area contributed by atoms with Crippen LogP contribution in [0, 0.1) is 17.6 Å². The Labute approximate surface area is 127 Å². The van der Waals surface area contributed by atoms with Crippen molar-refractivity contribution in [3.8, 4) is 0 Å². The Kier molecular flexibility index (Phi) is 5.52. The molecule has 1 aliphatic rings. The van der Waals surface area contributed by atoms with E-state index in [1.54, 1.807) is 0 Å². The van der Waals surface area contributed by atoms with E-state index in [4.69, 9.17) is 4.74 Å². The van der Waals surface area contributed by atoms with E-state index in [1.165, 1.54) is 12.1 Å². The van der Waals surface area contributed by atoms with Crippen molar-refractivity contribution in [3.63, 3.8) is 0 Å². The second-order valence-corrected chi connectivity index (χ2v) is 5.95. The quantitative estimate of drug-likeness (QED) is 0.806. The maximum absolute atomic E-state index is 14.2. The van der Waals surface area contributed by atoms with Crippen LogP contribution in [0.1, 0.15) is 38.3 Å². The molecule has 0 aromatic heterocycles. The molecule has 2 rings (SSSR count). The standard InChI is InChI=1S/C15H20BrF2NO/c1-3-14-9(5-6-20-14)15(19-4-2)10-7-13(18)11(16)8-12(10)17/h7-9,14-15,19H,3-6H2,1-2H3. The van der Waals surface area contributed by atoms with Gasteiger partial charge in [-0.25, -0.2) is 8.78 Å².